The highest BCUT2D eigenvalue weighted by Gasteiger charge is 2.32. The molecule has 1 aliphatic heterocycles. The lowest BCUT2D eigenvalue weighted by Crippen LogP contribution is -2.34. The maximum absolute atomic E-state index is 12.5. The summed E-state index contributed by atoms with van der Waals surface area (Å²) in [5.74, 6) is 2.24. The van der Waals surface area contributed by atoms with Crippen LogP contribution in [-0.2, 0) is 17.8 Å². The first kappa shape index (κ1) is 19.9. The van der Waals surface area contributed by atoms with Crippen LogP contribution in [0.3, 0.4) is 0 Å². The van der Waals surface area contributed by atoms with Crippen LogP contribution in [0.5, 0.6) is 11.5 Å². The summed E-state index contributed by atoms with van der Waals surface area (Å²) in [4.78, 5) is 12.5. The van der Waals surface area contributed by atoms with Crippen molar-refractivity contribution >= 4 is 18.3 Å². The molecule has 0 spiro atoms. The van der Waals surface area contributed by atoms with Crippen LogP contribution < -0.4 is 20.5 Å². The fourth-order valence-corrected chi connectivity index (χ4v) is 3.89. The molecule has 3 atom stereocenters. The second-order valence-corrected chi connectivity index (χ2v) is 6.88. The van der Waals surface area contributed by atoms with Crippen molar-refractivity contribution in [2.24, 2.45) is 17.6 Å². The van der Waals surface area contributed by atoms with E-state index < -0.39 is 0 Å². The number of carbonyl (C=O) groups excluding carboxylic acids is 1. The molecule has 1 aliphatic carbocycles. The number of amides is 1. The Bertz CT molecular complexity index is 609. The Morgan fingerprint density at radius 1 is 1.40 bits per heavy atom. The number of ether oxygens (including phenoxy) is 2. The molecule has 3 rings (SSSR count). The van der Waals surface area contributed by atoms with E-state index in [1.807, 2.05) is 13.0 Å². The van der Waals surface area contributed by atoms with E-state index in [1.165, 1.54) is 5.56 Å². The van der Waals surface area contributed by atoms with Crippen LogP contribution in [0.1, 0.15) is 44.2 Å². The monoisotopic (exact) mass is 368 g/mol. The zero-order valence-corrected chi connectivity index (χ0v) is 15.9. The van der Waals surface area contributed by atoms with Gasteiger partial charge in [0.25, 0.3) is 0 Å². The minimum atomic E-state index is 0. The third-order valence-electron chi connectivity index (χ3n) is 5.13. The van der Waals surface area contributed by atoms with Crippen molar-refractivity contribution in [3.05, 3.63) is 23.3 Å². The first-order valence-corrected chi connectivity index (χ1v) is 9.05. The van der Waals surface area contributed by atoms with Gasteiger partial charge in [0.2, 0.25) is 5.91 Å². The summed E-state index contributed by atoms with van der Waals surface area (Å²) < 4.78 is 11.6. The summed E-state index contributed by atoms with van der Waals surface area (Å²) in [6.45, 7) is 5.70. The van der Waals surface area contributed by atoms with Crippen molar-refractivity contribution in [2.75, 3.05) is 13.2 Å². The third kappa shape index (κ3) is 4.39. The van der Waals surface area contributed by atoms with Gasteiger partial charge in [0.15, 0.2) is 0 Å². The molecule has 6 heteroatoms. The smallest absolute Gasteiger partial charge is 0.223 e. The molecule has 1 amide bonds. The van der Waals surface area contributed by atoms with Crippen LogP contribution in [0, 0.1) is 11.8 Å². The van der Waals surface area contributed by atoms with Gasteiger partial charge >= 0.3 is 0 Å². The molecule has 1 saturated carbocycles. The van der Waals surface area contributed by atoms with Crippen molar-refractivity contribution < 1.29 is 14.3 Å². The number of carbonyl (C=O) groups is 1. The van der Waals surface area contributed by atoms with E-state index in [-0.39, 0.29) is 30.3 Å². The number of hydrogen-bond acceptors (Lipinski definition) is 4. The van der Waals surface area contributed by atoms with Gasteiger partial charge in [-0.15, -0.1) is 12.4 Å². The van der Waals surface area contributed by atoms with Crippen molar-refractivity contribution in [3.8, 4) is 11.5 Å². The summed E-state index contributed by atoms with van der Waals surface area (Å²) >= 11 is 0. The third-order valence-corrected chi connectivity index (χ3v) is 5.13. The summed E-state index contributed by atoms with van der Waals surface area (Å²) in [5.41, 5.74) is 7.94. The lowest BCUT2D eigenvalue weighted by atomic mass is 9.95. The second-order valence-electron chi connectivity index (χ2n) is 6.88. The topological polar surface area (TPSA) is 73.6 Å². The maximum Gasteiger partial charge on any atom is 0.223 e. The molecule has 0 bridgehead atoms. The van der Waals surface area contributed by atoms with E-state index in [0.717, 1.165) is 42.7 Å². The normalized spacial score (nSPS) is 24.2. The van der Waals surface area contributed by atoms with E-state index in [2.05, 4.69) is 18.3 Å². The van der Waals surface area contributed by atoms with E-state index in [9.17, 15) is 4.79 Å². The molecule has 1 heterocycles. The second kappa shape index (κ2) is 8.77. The number of benzene rings is 1. The average molecular weight is 369 g/mol. The molecular weight excluding hydrogens is 340 g/mol. The molecule has 0 radical (unpaired) electrons. The molecule has 2 aliphatic rings. The fraction of sp³-hybridized carbons (Fsp3) is 0.632. The predicted octanol–water partition coefficient (Wildman–Crippen LogP) is 2.82. The van der Waals surface area contributed by atoms with Crippen LogP contribution in [0.2, 0.25) is 0 Å². The van der Waals surface area contributed by atoms with Crippen LogP contribution >= 0.6 is 12.4 Å². The number of halogens is 1. The summed E-state index contributed by atoms with van der Waals surface area (Å²) in [5, 5.41) is 3.08. The van der Waals surface area contributed by atoms with Crippen LogP contribution in [0.15, 0.2) is 12.1 Å². The van der Waals surface area contributed by atoms with Gasteiger partial charge in [-0.25, -0.2) is 0 Å². The summed E-state index contributed by atoms with van der Waals surface area (Å²) in [7, 11) is 0. The minimum Gasteiger partial charge on any atom is -0.494 e. The number of nitrogens with one attached hydrogen (secondary N) is 1. The van der Waals surface area contributed by atoms with Gasteiger partial charge in [-0.2, -0.15) is 0 Å². The zero-order valence-electron chi connectivity index (χ0n) is 15.0. The van der Waals surface area contributed by atoms with Crippen molar-refractivity contribution in [3.63, 3.8) is 0 Å². The van der Waals surface area contributed by atoms with Gasteiger partial charge in [0.1, 0.15) is 17.6 Å². The van der Waals surface area contributed by atoms with Gasteiger partial charge in [-0.3, -0.25) is 4.79 Å². The highest BCUT2D eigenvalue weighted by atomic mass is 35.5. The molecule has 0 aromatic heterocycles. The Hall–Kier alpha value is -1.46. The van der Waals surface area contributed by atoms with Crippen molar-refractivity contribution in [2.45, 2.75) is 52.2 Å². The molecule has 5 nitrogen and oxygen atoms in total. The number of fused-ring (bicyclic) bond motifs is 1. The van der Waals surface area contributed by atoms with E-state index >= 15 is 0 Å². The number of hydrogen-bond donors (Lipinski definition) is 2. The number of rotatable bonds is 6. The number of nitrogens with two attached hydrogens (primary N) is 1. The predicted molar refractivity (Wildman–Crippen MR) is 100 cm³/mol. The summed E-state index contributed by atoms with van der Waals surface area (Å²) in [6, 6.07) is 4.07. The first-order valence-electron chi connectivity index (χ1n) is 9.05. The largest absolute Gasteiger partial charge is 0.494 e. The van der Waals surface area contributed by atoms with Crippen molar-refractivity contribution in [1.29, 1.82) is 0 Å². The molecule has 3 N–H and O–H groups in total. The molecule has 0 saturated heterocycles. The van der Waals surface area contributed by atoms with E-state index in [4.69, 9.17) is 15.2 Å². The molecule has 140 valence electrons. The lowest BCUT2D eigenvalue weighted by molar-refractivity contribution is -0.126. The molecule has 1 fully saturated rings. The fourth-order valence-electron chi connectivity index (χ4n) is 3.89. The molecule has 1 aromatic carbocycles. The van der Waals surface area contributed by atoms with Gasteiger partial charge in [0.05, 0.1) is 6.61 Å². The summed E-state index contributed by atoms with van der Waals surface area (Å²) in [6.07, 6.45) is 4.19. The first-order chi connectivity index (χ1) is 11.6. The maximum atomic E-state index is 12.5. The Balaban J connectivity index is 0.00000225. The highest BCUT2D eigenvalue weighted by molar-refractivity contribution is 5.85. The Kier molecular flexibility index (Phi) is 6.96. The van der Waals surface area contributed by atoms with Gasteiger partial charge < -0.3 is 20.5 Å². The molecular formula is C19H29ClN2O3. The van der Waals surface area contributed by atoms with Gasteiger partial charge in [0, 0.05) is 30.0 Å². The Morgan fingerprint density at radius 2 is 2.20 bits per heavy atom. The van der Waals surface area contributed by atoms with Crippen LogP contribution in [0.25, 0.3) is 0 Å². The molecule has 1 aromatic rings. The highest BCUT2D eigenvalue weighted by Crippen LogP contribution is 2.35. The Morgan fingerprint density at radius 3 is 2.92 bits per heavy atom. The standard InChI is InChI=1S/C19H28N2O3.ClH/c1-3-23-17-8-14-7-12(2)24-18(14)9-15(17)11-21-19(22)16-6-4-5-13(16)10-20;/h8-9,12-13,16H,3-7,10-11,20H2,1-2H3,(H,21,22);1H/t12?,13-,16-;/m1./s1. The average Bonchev–Trinajstić information content (AvgIpc) is 3.17. The van der Waals surface area contributed by atoms with Gasteiger partial charge in [-0.1, -0.05) is 6.42 Å². The van der Waals surface area contributed by atoms with E-state index in [1.54, 1.807) is 0 Å². The van der Waals surface area contributed by atoms with Crippen LogP contribution in [-0.4, -0.2) is 25.2 Å². The van der Waals surface area contributed by atoms with Crippen LogP contribution in [0.4, 0.5) is 0 Å². The Labute approximate surface area is 156 Å². The molecule has 1 unspecified atom stereocenters. The zero-order chi connectivity index (χ0) is 17.1. The quantitative estimate of drug-likeness (QED) is 0.809. The minimum absolute atomic E-state index is 0. The molecule has 25 heavy (non-hydrogen) atoms. The van der Waals surface area contributed by atoms with Crippen molar-refractivity contribution in [1.82, 2.24) is 5.32 Å². The SMILES string of the molecule is CCOc1cc2c(cc1CNC(=O)[C@@H]1CCC[C@@H]1CN)OC(C)C2.Cl. The van der Waals surface area contributed by atoms with Gasteiger partial charge in [-0.05, 0) is 51.3 Å². The van der Waals surface area contributed by atoms with E-state index in [0.29, 0.717) is 25.6 Å². The lowest BCUT2D eigenvalue weighted by Gasteiger charge is -2.18.